The lowest BCUT2D eigenvalue weighted by molar-refractivity contribution is -0.121. The first kappa shape index (κ1) is 7.14. The van der Waals surface area contributed by atoms with Gasteiger partial charge in [0.1, 0.15) is 0 Å². The molecule has 1 saturated carbocycles. The molecule has 62 valence electrons. The molecule has 1 saturated heterocycles. The molecule has 0 aromatic heterocycles. The lowest BCUT2D eigenvalue weighted by Gasteiger charge is -2.28. The summed E-state index contributed by atoms with van der Waals surface area (Å²) < 4.78 is 0. The monoisotopic (exact) mass is 153 g/mol. The van der Waals surface area contributed by atoms with Crippen molar-refractivity contribution in [3.63, 3.8) is 0 Å². The van der Waals surface area contributed by atoms with Crippen LogP contribution in [0.3, 0.4) is 0 Å². The average Bonchev–Trinajstić information content (AvgIpc) is 2.50. The van der Waals surface area contributed by atoms with Gasteiger partial charge < -0.3 is 5.32 Å². The fourth-order valence-electron chi connectivity index (χ4n) is 2.31. The molecule has 1 aliphatic heterocycles. The number of nitrogens with one attached hydrogen (secondary N) is 1. The van der Waals surface area contributed by atoms with Crippen LogP contribution in [-0.4, -0.2) is 12.5 Å². The summed E-state index contributed by atoms with van der Waals surface area (Å²) in [6.07, 6.45) is 1.11. The van der Waals surface area contributed by atoms with Gasteiger partial charge in [0.25, 0.3) is 0 Å². The molecule has 11 heavy (non-hydrogen) atoms. The first-order valence-electron chi connectivity index (χ1n) is 4.25. The van der Waals surface area contributed by atoms with Crippen LogP contribution < -0.4 is 5.32 Å². The number of hydrogen-bond donors (Lipinski definition) is 1. The molecule has 0 aromatic rings. The lowest BCUT2D eigenvalue weighted by atomic mass is 9.77. The maximum Gasteiger partial charge on any atom is 0.223 e. The quantitative estimate of drug-likeness (QED) is 0.556. The van der Waals surface area contributed by atoms with E-state index in [-0.39, 0.29) is 11.3 Å². The van der Waals surface area contributed by atoms with Gasteiger partial charge >= 0.3 is 0 Å². The lowest BCUT2D eigenvalue weighted by Crippen LogP contribution is -2.28. The van der Waals surface area contributed by atoms with E-state index in [1.807, 2.05) is 0 Å². The molecular weight excluding hydrogens is 138 g/mol. The normalized spacial score (nSPS) is 41.7. The standard InChI is InChI=1S/C9H15NO/c1-8(2,3)9-4-6(9)7(11)10-5-9/h6H,4-5H2,1-3H3,(H,10,11). The summed E-state index contributed by atoms with van der Waals surface area (Å²) in [5.41, 5.74) is 0.598. The van der Waals surface area contributed by atoms with Gasteiger partial charge in [-0.25, -0.2) is 0 Å². The van der Waals surface area contributed by atoms with Crippen LogP contribution >= 0.6 is 0 Å². The van der Waals surface area contributed by atoms with E-state index in [0.29, 0.717) is 11.3 Å². The van der Waals surface area contributed by atoms with Crippen molar-refractivity contribution in [3.05, 3.63) is 0 Å². The van der Waals surface area contributed by atoms with Crippen LogP contribution in [0.5, 0.6) is 0 Å². The van der Waals surface area contributed by atoms with Crippen molar-refractivity contribution in [3.8, 4) is 0 Å². The maximum atomic E-state index is 11.2. The van der Waals surface area contributed by atoms with E-state index in [4.69, 9.17) is 0 Å². The number of amides is 1. The zero-order valence-electron chi connectivity index (χ0n) is 7.40. The number of hydrogen-bond acceptors (Lipinski definition) is 1. The van der Waals surface area contributed by atoms with Gasteiger partial charge in [0.05, 0.1) is 0 Å². The van der Waals surface area contributed by atoms with Gasteiger partial charge in [-0.2, -0.15) is 0 Å². The minimum Gasteiger partial charge on any atom is -0.355 e. The Labute approximate surface area is 67.4 Å². The molecule has 0 bridgehead atoms. The summed E-state index contributed by atoms with van der Waals surface area (Å²) in [6.45, 7) is 7.59. The van der Waals surface area contributed by atoms with Gasteiger partial charge in [-0.1, -0.05) is 20.8 Å². The van der Waals surface area contributed by atoms with Gasteiger partial charge in [0.15, 0.2) is 0 Å². The van der Waals surface area contributed by atoms with Gasteiger partial charge in [-0.05, 0) is 11.8 Å². The molecule has 1 amide bonds. The van der Waals surface area contributed by atoms with E-state index < -0.39 is 0 Å². The summed E-state index contributed by atoms with van der Waals surface area (Å²) in [7, 11) is 0. The Hall–Kier alpha value is -0.530. The Morgan fingerprint density at radius 1 is 1.55 bits per heavy atom. The molecule has 1 N–H and O–H groups in total. The van der Waals surface area contributed by atoms with E-state index in [1.165, 1.54) is 0 Å². The summed E-state index contributed by atoms with van der Waals surface area (Å²) >= 11 is 0. The van der Waals surface area contributed by atoms with Crippen LogP contribution in [0.1, 0.15) is 27.2 Å². The van der Waals surface area contributed by atoms with Crippen molar-refractivity contribution >= 4 is 5.91 Å². The molecule has 2 aliphatic rings. The molecule has 2 nitrogen and oxygen atoms in total. The highest BCUT2D eigenvalue weighted by Gasteiger charge is 2.67. The van der Waals surface area contributed by atoms with E-state index in [9.17, 15) is 4.79 Å². The van der Waals surface area contributed by atoms with Crippen LogP contribution in [0.25, 0.3) is 0 Å². The van der Waals surface area contributed by atoms with Gasteiger partial charge in [0.2, 0.25) is 5.91 Å². The largest absolute Gasteiger partial charge is 0.355 e. The van der Waals surface area contributed by atoms with Crippen LogP contribution in [0, 0.1) is 16.7 Å². The van der Waals surface area contributed by atoms with Gasteiger partial charge in [-0.15, -0.1) is 0 Å². The Morgan fingerprint density at radius 2 is 2.18 bits per heavy atom. The maximum absolute atomic E-state index is 11.2. The Bertz CT molecular complexity index is 216. The molecular formula is C9H15NO. The van der Waals surface area contributed by atoms with E-state index >= 15 is 0 Å². The summed E-state index contributed by atoms with van der Waals surface area (Å²) in [5, 5.41) is 2.93. The first-order chi connectivity index (χ1) is 4.97. The first-order valence-corrected chi connectivity index (χ1v) is 4.25. The highest BCUT2D eigenvalue weighted by molar-refractivity contribution is 5.86. The molecule has 1 aliphatic carbocycles. The second kappa shape index (κ2) is 1.62. The van der Waals surface area contributed by atoms with Crippen molar-refractivity contribution in [2.75, 3.05) is 6.54 Å². The summed E-state index contributed by atoms with van der Waals surface area (Å²) in [4.78, 5) is 11.2. The van der Waals surface area contributed by atoms with Crippen molar-refractivity contribution in [2.24, 2.45) is 16.7 Å². The number of carbonyl (C=O) groups excluding carboxylic acids is 1. The highest BCUT2D eigenvalue weighted by atomic mass is 16.2. The van der Waals surface area contributed by atoms with Gasteiger partial charge in [-0.3, -0.25) is 4.79 Å². The minimum absolute atomic E-state index is 0.278. The van der Waals surface area contributed by atoms with Crippen molar-refractivity contribution in [1.82, 2.24) is 5.32 Å². The SMILES string of the molecule is CC(C)(C)C12CNC(=O)C1C2. The molecule has 2 atom stereocenters. The second-order valence-electron chi connectivity index (χ2n) is 4.88. The van der Waals surface area contributed by atoms with Crippen LogP contribution in [0.2, 0.25) is 0 Å². The van der Waals surface area contributed by atoms with E-state index in [0.717, 1.165) is 13.0 Å². The predicted molar refractivity (Wildman–Crippen MR) is 43.0 cm³/mol. The van der Waals surface area contributed by atoms with Crippen LogP contribution in [0.4, 0.5) is 0 Å². The van der Waals surface area contributed by atoms with E-state index in [2.05, 4.69) is 26.1 Å². The third kappa shape index (κ3) is 0.700. The van der Waals surface area contributed by atoms with Crippen LogP contribution in [0.15, 0.2) is 0 Å². The molecule has 2 heteroatoms. The zero-order valence-corrected chi connectivity index (χ0v) is 7.40. The minimum atomic E-state index is 0.278. The van der Waals surface area contributed by atoms with Crippen molar-refractivity contribution in [1.29, 1.82) is 0 Å². The van der Waals surface area contributed by atoms with Crippen LogP contribution in [-0.2, 0) is 4.79 Å². The third-order valence-electron chi connectivity index (χ3n) is 3.46. The number of fused-ring (bicyclic) bond motifs is 1. The molecule has 2 rings (SSSR count). The fourth-order valence-corrected chi connectivity index (χ4v) is 2.31. The second-order valence-corrected chi connectivity index (χ2v) is 4.88. The molecule has 0 radical (unpaired) electrons. The number of carbonyl (C=O) groups is 1. The number of rotatable bonds is 0. The van der Waals surface area contributed by atoms with Crippen molar-refractivity contribution < 1.29 is 4.79 Å². The Balaban J connectivity index is 2.24. The van der Waals surface area contributed by atoms with E-state index in [1.54, 1.807) is 0 Å². The molecule has 0 aromatic carbocycles. The Morgan fingerprint density at radius 3 is 2.36 bits per heavy atom. The molecule has 0 spiro atoms. The third-order valence-corrected chi connectivity index (χ3v) is 3.46. The highest BCUT2D eigenvalue weighted by Crippen LogP contribution is 2.65. The van der Waals surface area contributed by atoms with Gasteiger partial charge in [0, 0.05) is 17.9 Å². The summed E-state index contributed by atoms with van der Waals surface area (Å²) in [5.74, 6) is 0.613. The fraction of sp³-hybridized carbons (Fsp3) is 0.889. The average molecular weight is 153 g/mol. The molecule has 2 fully saturated rings. The van der Waals surface area contributed by atoms with Crippen molar-refractivity contribution in [2.45, 2.75) is 27.2 Å². The summed E-state index contributed by atoms with van der Waals surface area (Å²) in [6, 6.07) is 0. The smallest absolute Gasteiger partial charge is 0.223 e. The Kier molecular flexibility index (Phi) is 1.05. The number of piperidine rings is 1. The predicted octanol–water partition coefficient (Wildman–Crippen LogP) is 1.17. The topological polar surface area (TPSA) is 29.1 Å². The molecule has 1 heterocycles. The molecule has 2 unspecified atom stereocenters. The zero-order chi connectivity index (χ0) is 8.28.